The highest BCUT2D eigenvalue weighted by atomic mass is 16.1. The van der Waals surface area contributed by atoms with E-state index in [0.29, 0.717) is 17.9 Å². The fourth-order valence-electron chi connectivity index (χ4n) is 4.20. The molecule has 0 saturated carbocycles. The minimum Gasteiger partial charge on any atom is -0.322 e. The van der Waals surface area contributed by atoms with E-state index >= 15 is 0 Å². The molecule has 0 unspecified atom stereocenters. The van der Waals surface area contributed by atoms with E-state index in [1.807, 2.05) is 100 Å². The summed E-state index contributed by atoms with van der Waals surface area (Å²) in [5, 5.41) is 7.28. The van der Waals surface area contributed by atoms with Gasteiger partial charge >= 0.3 is 0 Å². The molecule has 0 atom stereocenters. The number of nitrogens with zero attached hydrogens (tertiary/aromatic N) is 5. The average molecular weight is 471 g/mol. The number of aromatic nitrogens is 5. The van der Waals surface area contributed by atoms with Crippen molar-refractivity contribution in [3.05, 3.63) is 127 Å². The molecule has 0 bridgehead atoms. The Morgan fingerprint density at radius 2 is 1.58 bits per heavy atom. The van der Waals surface area contributed by atoms with Crippen molar-refractivity contribution in [2.45, 2.75) is 6.54 Å². The van der Waals surface area contributed by atoms with Gasteiger partial charge in [0.25, 0.3) is 5.91 Å². The summed E-state index contributed by atoms with van der Waals surface area (Å²) in [6.45, 7) is 0.705. The second-order valence-corrected chi connectivity index (χ2v) is 8.43. The van der Waals surface area contributed by atoms with Crippen molar-refractivity contribution in [1.82, 2.24) is 24.1 Å². The maximum absolute atomic E-state index is 13.2. The molecule has 6 aromatic rings. The smallest absolute Gasteiger partial charge is 0.256 e. The number of rotatable bonds is 6. The Labute approximate surface area is 207 Å². The number of anilines is 1. The van der Waals surface area contributed by atoms with Crippen molar-refractivity contribution >= 4 is 17.4 Å². The lowest BCUT2D eigenvalue weighted by molar-refractivity contribution is 0.102. The highest BCUT2D eigenvalue weighted by molar-refractivity contribution is 6.08. The van der Waals surface area contributed by atoms with Gasteiger partial charge in [-0.15, -0.1) is 0 Å². The summed E-state index contributed by atoms with van der Waals surface area (Å²) in [5.74, 6) is 0.492. The van der Waals surface area contributed by atoms with Crippen molar-refractivity contribution in [3.63, 3.8) is 0 Å². The quantitative estimate of drug-likeness (QED) is 0.346. The molecule has 3 heterocycles. The zero-order chi connectivity index (χ0) is 24.3. The summed E-state index contributed by atoms with van der Waals surface area (Å²) in [6.07, 6.45) is 9.28. The maximum Gasteiger partial charge on any atom is 0.256 e. The fourth-order valence-corrected chi connectivity index (χ4v) is 4.20. The van der Waals surface area contributed by atoms with E-state index in [-0.39, 0.29) is 5.91 Å². The number of benzene rings is 3. The number of amides is 1. The van der Waals surface area contributed by atoms with Crippen molar-refractivity contribution in [2.75, 3.05) is 5.32 Å². The van der Waals surface area contributed by atoms with E-state index in [1.54, 1.807) is 12.4 Å². The first-order valence-corrected chi connectivity index (χ1v) is 11.6. The SMILES string of the molecule is O=C(Nc1ccc(-c2cn3cccnc3n2)cc1)c1ccccc1-c1ccc(Cn2cccn2)cc1. The van der Waals surface area contributed by atoms with Crippen LogP contribution in [0, 0.1) is 0 Å². The summed E-state index contributed by atoms with van der Waals surface area (Å²) in [4.78, 5) is 22.0. The monoisotopic (exact) mass is 470 g/mol. The van der Waals surface area contributed by atoms with Gasteiger partial charge in [0, 0.05) is 47.8 Å². The molecule has 36 heavy (non-hydrogen) atoms. The highest BCUT2D eigenvalue weighted by Gasteiger charge is 2.13. The molecule has 0 fully saturated rings. The van der Waals surface area contributed by atoms with Crippen LogP contribution in [-0.4, -0.2) is 30.1 Å². The van der Waals surface area contributed by atoms with Crippen LogP contribution in [0.2, 0.25) is 0 Å². The first-order chi connectivity index (χ1) is 17.7. The standard InChI is InChI=1S/C29H22N6O/c36-28(32-24-13-11-23(12-14-24)27-20-34-17-3-15-30-29(34)33-27)26-6-2-1-5-25(26)22-9-7-21(8-10-22)19-35-18-4-16-31-35/h1-18,20H,19H2,(H,32,36). The predicted molar refractivity (Wildman–Crippen MR) is 140 cm³/mol. The molecule has 1 N–H and O–H groups in total. The Kier molecular flexibility index (Phi) is 5.56. The summed E-state index contributed by atoms with van der Waals surface area (Å²) < 4.78 is 3.76. The third kappa shape index (κ3) is 4.37. The number of fused-ring (bicyclic) bond motifs is 1. The van der Waals surface area contributed by atoms with E-state index in [2.05, 4.69) is 32.5 Å². The highest BCUT2D eigenvalue weighted by Crippen LogP contribution is 2.26. The Morgan fingerprint density at radius 3 is 2.36 bits per heavy atom. The normalized spacial score (nSPS) is 11.0. The second kappa shape index (κ2) is 9.31. The van der Waals surface area contributed by atoms with E-state index < -0.39 is 0 Å². The molecule has 1 amide bonds. The molecule has 0 aliphatic heterocycles. The van der Waals surface area contributed by atoms with E-state index in [1.165, 1.54) is 0 Å². The zero-order valence-electron chi connectivity index (χ0n) is 19.3. The Bertz CT molecular complexity index is 1600. The van der Waals surface area contributed by atoms with Crippen LogP contribution >= 0.6 is 0 Å². The van der Waals surface area contributed by atoms with Crippen LogP contribution in [0.5, 0.6) is 0 Å². The third-order valence-corrected chi connectivity index (χ3v) is 6.01. The predicted octanol–water partition coefficient (Wildman–Crippen LogP) is 5.56. The molecule has 0 spiro atoms. The largest absolute Gasteiger partial charge is 0.322 e. The molecule has 174 valence electrons. The second-order valence-electron chi connectivity index (χ2n) is 8.43. The molecule has 3 aromatic carbocycles. The number of carbonyl (C=O) groups is 1. The first kappa shape index (κ1) is 21.5. The van der Waals surface area contributed by atoms with Crippen LogP contribution in [0.1, 0.15) is 15.9 Å². The van der Waals surface area contributed by atoms with Crippen LogP contribution in [0.3, 0.4) is 0 Å². The van der Waals surface area contributed by atoms with Gasteiger partial charge in [0.15, 0.2) is 0 Å². The molecule has 0 saturated heterocycles. The Morgan fingerprint density at radius 1 is 0.806 bits per heavy atom. The summed E-state index contributed by atoms with van der Waals surface area (Å²) in [5.41, 5.74) is 6.13. The van der Waals surface area contributed by atoms with Gasteiger partial charge in [-0.2, -0.15) is 5.10 Å². The molecule has 0 radical (unpaired) electrons. The summed E-state index contributed by atoms with van der Waals surface area (Å²) >= 11 is 0. The Balaban J connectivity index is 1.20. The van der Waals surface area contributed by atoms with Crippen molar-refractivity contribution in [1.29, 1.82) is 0 Å². The van der Waals surface area contributed by atoms with Gasteiger partial charge in [-0.05, 0) is 47.0 Å². The lowest BCUT2D eigenvalue weighted by Gasteiger charge is -2.11. The minimum atomic E-state index is -0.157. The van der Waals surface area contributed by atoms with Gasteiger partial charge in [0.2, 0.25) is 5.78 Å². The number of carbonyl (C=O) groups excluding carboxylic acids is 1. The minimum absolute atomic E-state index is 0.157. The first-order valence-electron chi connectivity index (χ1n) is 11.6. The molecular formula is C29H22N6O. The van der Waals surface area contributed by atoms with Crippen molar-refractivity contribution in [2.24, 2.45) is 0 Å². The van der Waals surface area contributed by atoms with Crippen LogP contribution in [0.4, 0.5) is 5.69 Å². The third-order valence-electron chi connectivity index (χ3n) is 6.01. The lowest BCUT2D eigenvalue weighted by Crippen LogP contribution is -2.13. The molecule has 3 aromatic heterocycles. The van der Waals surface area contributed by atoms with Gasteiger partial charge < -0.3 is 5.32 Å². The lowest BCUT2D eigenvalue weighted by atomic mass is 9.98. The molecule has 0 aliphatic rings. The van der Waals surface area contributed by atoms with E-state index in [0.717, 1.165) is 33.6 Å². The maximum atomic E-state index is 13.2. The summed E-state index contributed by atoms with van der Waals surface area (Å²) in [7, 11) is 0. The van der Waals surface area contributed by atoms with Gasteiger partial charge in [-0.1, -0.05) is 54.6 Å². The number of hydrogen-bond acceptors (Lipinski definition) is 4. The number of nitrogens with one attached hydrogen (secondary N) is 1. The zero-order valence-corrected chi connectivity index (χ0v) is 19.3. The van der Waals surface area contributed by atoms with Crippen LogP contribution in [0.15, 0.2) is 116 Å². The van der Waals surface area contributed by atoms with Gasteiger partial charge in [-0.25, -0.2) is 9.97 Å². The topological polar surface area (TPSA) is 77.1 Å². The average Bonchev–Trinajstić information content (AvgIpc) is 3.59. The Hall–Kier alpha value is -5.04. The van der Waals surface area contributed by atoms with E-state index in [4.69, 9.17) is 0 Å². The van der Waals surface area contributed by atoms with Crippen LogP contribution < -0.4 is 5.32 Å². The van der Waals surface area contributed by atoms with Crippen LogP contribution in [-0.2, 0) is 6.54 Å². The molecule has 7 heteroatoms. The molecule has 0 aliphatic carbocycles. The molecule has 7 nitrogen and oxygen atoms in total. The number of imidazole rings is 1. The van der Waals surface area contributed by atoms with Gasteiger partial charge in [0.05, 0.1) is 12.2 Å². The van der Waals surface area contributed by atoms with Gasteiger partial charge in [-0.3, -0.25) is 13.9 Å². The van der Waals surface area contributed by atoms with E-state index in [9.17, 15) is 4.79 Å². The molecule has 6 rings (SSSR count). The fraction of sp³-hybridized carbons (Fsp3) is 0.0345. The van der Waals surface area contributed by atoms with Crippen molar-refractivity contribution in [3.8, 4) is 22.4 Å². The van der Waals surface area contributed by atoms with Crippen molar-refractivity contribution < 1.29 is 4.79 Å². The number of hydrogen-bond donors (Lipinski definition) is 1. The summed E-state index contributed by atoms with van der Waals surface area (Å²) in [6, 6.07) is 27.3. The van der Waals surface area contributed by atoms with Crippen LogP contribution in [0.25, 0.3) is 28.2 Å². The van der Waals surface area contributed by atoms with Gasteiger partial charge in [0.1, 0.15) is 0 Å². The molecular weight excluding hydrogens is 448 g/mol.